The van der Waals surface area contributed by atoms with E-state index in [1.807, 2.05) is 11.8 Å². The number of rotatable bonds is 13. The van der Waals surface area contributed by atoms with Crippen molar-refractivity contribution in [1.82, 2.24) is 0 Å². The topological polar surface area (TPSA) is 16.2 Å². The summed E-state index contributed by atoms with van der Waals surface area (Å²) in [6.07, 6.45) is 0. The van der Waals surface area contributed by atoms with Crippen LogP contribution >= 0.6 is 11.8 Å². The minimum Gasteiger partial charge on any atom is -0.311 e. The van der Waals surface area contributed by atoms with Crippen LogP contribution in [0.4, 0.5) is 85.3 Å². The van der Waals surface area contributed by atoms with E-state index in [1.54, 1.807) is 0 Å². The number of hydrogen-bond donors (Lipinski definition) is 0. The van der Waals surface area contributed by atoms with Crippen LogP contribution in [0.25, 0.3) is 44.5 Å². The summed E-state index contributed by atoms with van der Waals surface area (Å²) in [4.78, 5) is 15.2. The molecule has 0 atom stereocenters. The highest BCUT2D eigenvalue weighted by atomic mass is 32.2. The van der Waals surface area contributed by atoms with Crippen LogP contribution < -0.4 is 57.3 Å². The van der Waals surface area contributed by atoms with Crippen molar-refractivity contribution in [1.29, 1.82) is 0 Å². The number of benzene rings is 16. The molecule has 4 heterocycles. The van der Waals surface area contributed by atoms with Crippen molar-refractivity contribution in [3.63, 3.8) is 0 Å². The van der Waals surface area contributed by atoms with Gasteiger partial charge in [0.2, 0.25) is 6.71 Å². The molecule has 0 spiro atoms. The first-order chi connectivity index (χ1) is 54.9. The Kier molecular flexibility index (Phi) is 16.8. The molecule has 534 valence electrons. The summed E-state index contributed by atoms with van der Waals surface area (Å²) in [5.41, 5.74) is 35.7. The van der Waals surface area contributed by atoms with Crippen LogP contribution in [-0.2, 0) is 10.8 Å². The van der Waals surface area contributed by atoms with E-state index in [9.17, 15) is 0 Å². The lowest BCUT2D eigenvalue weighted by Gasteiger charge is -2.46. The van der Waals surface area contributed by atoms with Crippen LogP contribution in [0.5, 0.6) is 0 Å². The summed E-state index contributed by atoms with van der Waals surface area (Å²) in [5, 5.41) is 0. The standard InChI is InChI=1S/C104H81B2N5S/c1-103(2,3)75-58-52-73(53-59-75)85-45-31-46-86(74-54-60-76(61-55-74)104(4,5)6)102(85)111-94-69-98-90(106-88-48-27-30-51-93(88)110(80-42-23-12-24-43-80)97-66-83(67-99(112-98)101(97)106)107(77-36-17-9-18-37-77)78-38-19-10-20-39-78)68-89(94)105-87-47-26-29-50-92(87)109(79-40-21-11-22-41-79)95-64-82(65-96(111)100(95)105)108(81-62-56-71(57-63-81)70-32-13-7-14-33-70)91-49-28-25-44-84(91)72-34-15-8-16-35-72/h7-69H,1-6H3. The minimum atomic E-state index is -0.243. The van der Waals surface area contributed by atoms with Crippen molar-refractivity contribution < 1.29 is 0 Å². The highest BCUT2D eigenvalue weighted by Gasteiger charge is 2.48. The second-order valence-electron chi connectivity index (χ2n) is 32.0. The number of para-hydroxylation sites is 8. The molecule has 0 fully saturated rings. The monoisotopic (exact) mass is 1450 g/mol. The Morgan fingerprint density at radius 2 is 0.643 bits per heavy atom. The lowest BCUT2D eigenvalue weighted by molar-refractivity contribution is 0.590. The molecular formula is C104H81B2N5S. The smallest absolute Gasteiger partial charge is 0.252 e. The summed E-state index contributed by atoms with van der Waals surface area (Å²) in [6, 6.07) is 144. The van der Waals surface area contributed by atoms with Crippen LogP contribution in [0.1, 0.15) is 52.7 Å². The normalized spacial score (nSPS) is 13.0. The lowest BCUT2D eigenvalue weighted by Crippen LogP contribution is -2.64. The quantitative estimate of drug-likeness (QED) is 0.106. The van der Waals surface area contributed by atoms with Gasteiger partial charge >= 0.3 is 0 Å². The molecule has 4 aliphatic rings. The molecule has 20 rings (SSSR count). The third-order valence-electron chi connectivity index (χ3n) is 23.2. The average molecular weight is 1450 g/mol. The molecule has 0 bridgehead atoms. The summed E-state index contributed by atoms with van der Waals surface area (Å²) in [6.45, 7) is 13.5. The predicted octanol–water partition coefficient (Wildman–Crippen LogP) is 24.7. The molecule has 0 unspecified atom stereocenters. The first-order valence-corrected chi connectivity index (χ1v) is 39.9. The highest BCUT2D eigenvalue weighted by Crippen LogP contribution is 2.55. The van der Waals surface area contributed by atoms with Gasteiger partial charge in [0.15, 0.2) is 0 Å². The van der Waals surface area contributed by atoms with Crippen LogP contribution in [0.3, 0.4) is 0 Å². The van der Waals surface area contributed by atoms with Gasteiger partial charge in [-0.05, 0) is 186 Å². The molecular weight excluding hydrogens is 1370 g/mol. The van der Waals surface area contributed by atoms with Crippen LogP contribution in [0, 0.1) is 0 Å². The van der Waals surface area contributed by atoms with Gasteiger partial charge in [-0.1, -0.05) is 332 Å². The number of nitrogens with zero attached hydrogens (tertiary/aromatic N) is 5. The van der Waals surface area contributed by atoms with Gasteiger partial charge in [0, 0.05) is 94.7 Å². The Bertz CT molecular complexity index is 6130. The van der Waals surface area contributed by atoms with Crippen molar-refractivity contribution in [3.8, 4) is 44.5 Å². The van der Waals surface area contributed by atoms with Gasteiger partial charge in [-0.25, -0.2) is 0 Å². The van der Waals surface area contributed by atoms with E-state index in [0.29, 0.717) is 0 Å². The van der Waals surface area contributed by atoms with Crippen molar-refractivity contribution in [2.24, 2.45) is 0 Å². The van der Waals surface area contributed by atoms with E-state index < -0.39 is 0 Å². The van der Waals surface area contributed by atoms with Crippen LogP contribution in [0.15, 0.2) is 392 Å². The molecule has 0 saturated carbocycles. The molecule has 0 aromatic heterocycles. The van der Waals surface area contributed by atoms with Crippen LogP contribution in [0.2, 0.25) is 0 Å². The fraction of sp³-hybridized carbons (Fsp3) is 0.0769. The molecule has 8 heteroatoms. The van der Waals surface area contributed by atoms with E-state index in [0.717, 1.165) is 113 Å². The molecule has 16 aromatic rings. The van der Waals surface area contributed by atoms with Crippen molar-refractivity contribution in [2.75, 3.05) is 24.5 Å². The number of fused-ring (bicyclic) bond motifs is 8. The average Bonchev–Trinajstić information content (AvgIpc) is 0.685. The molecule has 16 aromatic carbocycles. The van der Waals surface area contributed by atoms with Gasteiger partial charge < -0.3 is 24.5 Å². The maximum absolute atomic E-state index is 2.74. The summed E-state index contributed by atoms with van der Waals surface area (Å²) >= 11 is 1.92. The molecule has 0 amide bonds. The van der Waals surface area contributed by atoms with E-state index in [1.165, 1.54) is 70.6 Å². The maximum atomic E-state index is 2.74. The van der Waals surface area contributed by atoms with Crippen LogP contribution in [-0.4, -0.2) is 13.4 Å². The zero-order chi connectivity index (χ0) is 75.3. The Hall–Kier alpha value is -13.0. The van der Waals surface area contributed by atoms with Gasteiger partial charge in [0.05, 0.1) is 17.1 Å². The summed E-state index contributed by atoms with van der Waals surface area (Å²) < 4.78 is 0. The zero-order valence-corrected chi connectivity index (χ0v) is 64.5. The molecule has 5 nitrogen and oxygen atoms in total. The van der Waals surface area contributed by atoms with E-state index >= 15 is 0 Å². The van der Waals surface area contributed by atoms with Gasteiger partial charge in [0.25, 0.3) is 6.71 Å². The second-order valence-corrected chi connectivity index (χ2v) is 33.1. The fourth-order valence-electron chi connectivity index (χ4n) is 17.9. The third-order valence-corrected chi connectivity index (χ3v) is 24.3. The molecule has 0 radical (unpaired) electrons. The second kappa shape index (κ2) is 27.5. The van der Waals surface area contributed by atoms with Crippen molar-refractivity contribution in [3.05, 3.63) is 393 Å². The molecule has 0 aliphatic carbocycles. The van der Waals surface area contributed by atoms with Crippen molar-refractivity contribution in [2.45, 2.75) is 62.2 Å². The Morgan fingerprint density at radius 3 is 1.17 bits per heavy atom. The zero-order valence-electron chi connectivity index (χ0n) is 63.7. The largest absolute Gasteiger partial charge is 0.311 e. The molecule has 0 saturated heterocycles. The number of anilines is 15. The third kappa shape index (κ3) is 11.7. The van der Waals surface area contributed by atoms with E-state index in [-0.39, 0.29) is 24.3 Å². The van der Waals surface area contributed by atoms with Gasteiger partial charge in [-0.15, -0.1) is 0 Å². The summed E-state index contributed by atoms with van der Waals surface area (Å²) in [7, 11) is 0. The van der Waals surface area contributed by atoms with Gasteiger partial charge in [-0.3, -0.25) is 0 Å². The number of hydrogen-bond acceptors (Lipinski definition) is 6. The first-order valence-electron chi connectivity index (χ1n) is 39.1. The Morgan fingerprint density at radius 1 is 0.250 bits per heavy atom. The Balaban J connectivity index is 0.921. The maximum Gasteiger partial charge on any atom is 0.252 e. The fourth-order valence-corrected chi connectivity index (χ4v) is 19.1. The van der Waals surface area contributed by atoms with Crippen molar-refractivity contribution >= 4 is 143 Å². The summed E-state index contributed by atoms with van der Waals surface area (Å²) in [5.74, 6) is 0. The van der Waals surface area contributed by atoms with Gasteiger partial charge in [-0.2, -0.15) is 0 Å². The van der Waals surface area contributed by atoms with Gasteiger partial charge in [0.1, 0.15) is 0 Å². The molecule has 0 N–H and O–H groups in total. The van der Waals surface area contributed by atoms with E-state index in [2.05, 4.69) is 448 Å². The predicted molar refractivity (Wildman–Crippen MR) is 479 cm³/mol. The SMILES string of the molecule is CC(C)(C)c1ccc(-c2cccc(-c3ccc(C(C)(C)C)cc3)c2N2c3cc4c(cc3B3c5ccccc5N(c5ccccc5)c5cc(N(c6ccc(-c7ccccc7)cc6)c6ccccc6-c6ccccc6)cc2c53)B2c3ccccc3N(c3ccccc3)c3cc(N(c5ccccc5)c5ccccc5)cc(c32)S4)cc1. The highest BCUT2D eigenvalue weighted by molar-refractivity contribution is 8.00. The lowest BCUT2D eigenvalue weighted by atomic mass is 9.31. The first kappa shape index (κ1) is 68.3. The Labute approximate surface area is 663 Å². The molecule has 112 heavy (non-hydrogen) atoms. The molecule has 4 aliphatic heterocycles. The van der Waals surface area contributed by atoms with E-state index in [4.69, 9.17) is 0 Å². The minimum absolute atomic E-state index is 0.0664.